The molecule has 0 atom stereocenters. The number of hydrogen-bond acceptors (Lipinski definition) is 2. The molecule has 0 aliphatic carbocycles. The number of nitrogens with two attached hydrogens (primary N) is 1. The van der Waals surface area contributed by atoms with Gasteiger partial charge in [0.15, 0.2) is 5.78 Å². The average Bonchev–Trinajstić information content (AvgIpc) is 2.59. The smallest absolute Gasteiger partial charge is 0.193 e. The van der Waals surface area contributed by atoms with Crippen LogP contribution >= 0.6 is 0 Å². The Kier molecular flexibility index (Phi) is 5.44. The number of benzene rings is 3. The standard InChI is InChI=1S/C13H10O.C6H6FN/c14-13(11-7-3-1-4-8-11)12-9-5-2-6-10-12;7-5-1-3-6(8)4-2-5/h1-10H;1-4H,8H2. The molecule has 0 fully saturated rings. The van der Waals surface area contributed by atoms with Gasteiger partial charge in [-0.1, -0.05) is 60.7 Å². The zero-order chi connectivity index (χ0) is 15.8. The van der Waals surface area contributed by atoms with Gasteiger partial charge < -0.3 is 5.73 Å². The molecule has 0 aliphatic heterocycles. The van der Waals surface area contributed by atoms with Gasteiger partial charge in [0.25, 0.3) is 0 Å². The monoisotopic (exact) mass is 293 g/mol. The van der Waals surface area contributed by atoms with Crippen molar-refractivity contribution < 1.29 is 9.18 Å². The van der Waals surface area contributed by atoms with Gasteiger partial charge in [0.05, 0.1) is 0 Å². The lowest BCUT2D eigenvalue weighted by Gasteiger charge is -1.99. The van der Waals surface area contributed by atoms with Crippen molar-refractivity contribution in [1.29, 1.82) is 0 Å². The van der Waals surface area contributed by atoms with Crippen LogP contribution in [0.3, 0.4) is 0 Å². The third-order valence-electron chi connectivity index (χ3n) is 2.94. The van der Waals surface area contributed by atoms with Crippen LogP contribution in [0.4, 0.5) is 10.1 Å². The quantitative estimate of drug-likeness (QED) is 0.564. The number of halogens is 1. The van der Waals surface area contributed by atoms with E-state index in [1.165, 1.54) is 24.3 Å². The van der Waals surface area contributed by atoms with Crippen molar-refractivity contribution in [2.45, 2.75) is 0 Å². The summed E-state index contributed by atoms with van der Waals surface area (Å²) in [4.78, 5) is 11.8. The number of hydrogen-bond donors (Lipinski definition) is 1. The SMILES string of the molecule is Nc1ccc(F)cc1.O=C(c1ccccc1)c1ccccc1. The van der Waals surface area contributed by atoms with Gasteiger partial charge in [0.2, 0.25) is 0 Å². The van der Waals surface area contributed by atoms with E-state index in [1.807, 2.05) is 60.7 Å². The predicted molar refractivity (Wildman–Crippen MR) is 87.1 cm³/mol. The van der Waals surface area contributed by atoms with Crippen molar-refractivity contribution >= 4 is 11.5 Å². The minimum Gasteiger partial charge on any atom is -0.399 e. The number of carbonyl (C=O) groups is 1. The molecule has 3 aromatic rings. The van der Waals surface area contributed by atoms with Crippen LogP contribution in [0.25, 0.3) is 0 Å². The number of carbonyl (C=O) groups excluding carboxylic acids is 1. The number of rotatable bonds is 2. The van der Waals surface area contributed by atoms with E-state index in [1.54, 1.807) is 0 Å². The van der Waals surface area contributed by atoms with E-state index in [2.05, 4.69) is 0 Å². The Morgan fingerprint density at radius 2 is 1.09 bits per heavy atom. The Balaban J connectivity index is 0.000000188. The van der Waals surface area contributed by atoms with Crippen molar-refractivity contribution in [3.63, 3.8) is 0 Å². The first-order valence-corrected chi connectivity index (χ1v) is 6.82. The summed E-state index contributed by atoms with van der Waals surface area (Å²) in [5.74, 6) is -0.176. The molecule has 0 spiro atoms. The first-order chi connectivity index (χ1) is 10.7. The number of nitrogen functional groups attached to an aromatic ring is 1. The summed E-state index contributed by atoms with van der Waals surface area (Å²) in [6.45, 7) is 0. The molecule has 0 radical (unpaired) electrons. The molecule has 0 unspecified atom stereocenters. The second-order valence-corrected chi connectivity index (χ2v) is 4.61. The fourth-order valence-electron chi connectivity index (χ4n) is 1.81. The van der Waals surface area contributed by atoms with Gasteiger partial charge in [-0.3, -0.25) is 4.79 Å². The molecule has 110 valence electrons. The Hall–Kier alpha value is -2.94. The summed E-state index contributed by atoms with van der Waals surface area (Å²) >= 11 is 0. The van der Waals surface area contributed by atoms with E-state index >= 15 is 0 Å². The molecular weight excluding hydrogens is 277 g/mol. The first-order valence-electron chi connectivity index (χ1n) is 6.82. The van der Waals surface area contributed by atoms with Crippen molar-refractivity contribution in [3.05, 3.63) is 102 Å². The summed E-state index contributed by atoms with van der Waals surface area (Å²) in [5.41, 5.74) is 7.32. The highest BCUT2D eigenvalue weighted by Gasteiger charge is 2.06. The lowest BCUT2D eigenvalue weighted by atomic mass is 10.0. The van der Waals surface area contributed by atoms with E-state index in [0.717, 1.165) is 11.1 Å². The molecule has 2 N–H and O–H groups in total. The fourth-order valence-corrected chi connectivity index (χ4v) is 1.81. The van der Waals surface area contributed by atoms with Gasteiger partial charge in [-0.2, -0.15) is 0 Å². The van der Waals surface area contributed by atoms with Crippen LogP contribution in [-0.4, -0.2) is 5.78 Å². The summed E-state index contributed by atoms with van der Waals surface area (Å²) in [5, 5.41) is 0. The van der Waals surface area contributed by atoms with Crippen LogP contribution < -0.4 is 5.73 Å². The zero-order valence-corrected chi connectivity index (χ0v) is 11.9. The van der Waals surface area contributed by atoms with Gasteiger partial charge in [0.1, 0.15) is 5.82 Å². The molecule has 22 heavy (non-hydrogen) atoms. The molecule has 0 heterocycles. The van der Waals surface area contributed by atoms with Crippen LogP contribution in [0.2, 0.25) is 0 Å². The van der Waals surface area contributed by atoms with E-state index < -0.39 is 0 Å². The van der Waals surface area contributed by atoms with Gasteiger partial charge >= 0.3 is 0 Å². The molecule has 3 rings (SSSR count). The summed E-state index contributed by atoms with van der Waals surface area (Å²) in [6.07, 6.45) is 0. The lowest BCUT2D eigenvalue weighted by Crippen LogP contribution is -1.99. The maximum absolute atomic E-state index is 12.0. The highest BCUT2D eigenvalue weighted by Crippen LogP contribution is 2.08. The molecule has 0 bridgehead atoms. The third-order valence-corrected chi connectivity index (χ3v) is 2.94. The molecule has 0 saturated carbocycles. The largest absolute Gasteiger partial charge is 0.399 e. The topological polar surface area (TPSA) is 43.1 Å². The van der Waals surface area contributed by atoms with Gasteiger partial charge in [-0.15, -0.1) is 0 Å². The van der Waals surface area contributed by atoms with Crippen LogP contribution in [0.5, 0.6) is 0 Å². The Morgan fingerprint density at radius 3 is 1.45 bits per heavy atom. The molecule has 2 nitrogen and oxygen atoms in total. The van der Waals surface area contributed by atoms with Crippen LogP contribution in [0.15, 0.2) is 84.9 Å². The zero-order valence-electron chi connectivity index (χ0n) is 11.9. The van der Waals surface area contributed by atoms with E-state index in [4.69, 9.17) is 5.73 Å². The second-order valence-electron chi connectivity index (χ2n) is 4.61. The summed E-state index contributed by atoms with van der Waals surface area (Å²) in [6, 6.07) is 24.3. The molecule has 0 amide bonds. The number of anilines is 1. The van der Waals surface area contributed by atoms with Crippen molar-refractivity contribution in [1.82, 2.24) is 0 Å². The fraction of sp³-hybridized carbons (Fsp3) is 0. The second kappa shape index (κ2) is 7.74. The van der Waals surface area contributed by atoms with Crippen molar-refractivity contribution in [2.24, 2.45) is 0 Å². The average molecular weight is 293 g/mol. The minimum absolute atomic E-state index is 0.0752. The van der Waals surface area contributed by atoms with E-state index in [0.29, 0.717) is 5.69 Å². The van der Waals surface area contributed by atoms with Crippen LogP contribution in [0, 0.1) is 5.82 Å². The van der Waals surface area contributed by atoms with E-state index in [9.17, 15) is 9.18 Å². The summed E-state index contributed by atoms with van der Waals surface area (Å²) < 4.78 is 12.0. The Bertz CT molecular complexity index is 647. The minimum atomic E-state index is -0.251. The summed E-state index contributed by atoms with van der Waals surface area (Å²) in [7, 11) is 0. The number of ketones is 1. The van der Waals surface area contributed by atoms with Gasteiger partial charge in [0, 0.05) is 16.8 Å². The highest BCUT2D eigenvalue weighted by atomic mass is 19.1. The van der Waals surface area contributed by atoms with Crippen molar-refractivity contribution in [2.75, 3.05) is 5.73 Å². The van der Waals surface area contributed by atoms with E-state index in [-0.39, 0.29) is 11.6 Å². The maximum Gasteiger partial charge on any atom is 0.193 e. The third kappa shape index (κ3) is 4.56. The molecule has 3 aromatic carbocycles. The molecule has 3 heteroatoms. The molecule has 0 aromatic heterocycles. The Morgan fingerprint density at radius 1 is 0.682 bits per heavy atom. The molecule has 0 saturated heterocycles. The first kappa shape index (κ1) is 15.4. The maximum atomic E-state index is 12.0. The Labute approximate surface area is 129 Å². The molecular formula is C19H16FNO. The van der Waals surface area contributed by atoms with Gasteiger partial charge in [-0.25, -0.2) is 4.39 Å². The van der Waals surface area contributed by atoms with Crippen LogP contribution in [0.1, 0.15) is 15.9 Å². The molecule has 0 aliphatic rings. The lowest BCUT2D eigenvalue weighted by molar-refractivity contribution is 0.103. The normalized spacial score (nSPS) is 9.50. The highest BCUT2D eigenvalue weighted by molar-refractivity contribution is 6.08. The van der Waals surface area contributed by atoms with Gasteiger partial charge in [-0.05, 0) is 24.3 Å². The predicted octanol–water partition coefficient (Wildman–Crippen LogP) is 4.33. The van der Waals surface area contributed by atoms with Crippen molar-refractivity contribution in [3.8, 4) is 0 Å². The van der Waals surface area contributed by atoms with Crippen LogP contribution in [-0.2, 0) is 0 Å².